The molecule has 21 heavy (non-hydrogen) atoms. The summed E-state index contributed by atoms with van der Waals surface area (Å²) in [5.74, 6) is -0.198. The van der Waals surface area contributed by atoms with Crippen LogP contribution in [0, 0.1) is 11.3 Å². The molecular weight excluding hydrogens is 268 g/mol. The third kappa shape index (κ3) is 4.19. The van der Waals surface area contributed by atoms with Gasteiger partial charge in [-0.25, -0.2) is 0 Å². The first kappa shape index (κ1) is 16.3. The lowest BCUT2D eigenvalue weighted by molar-refractivity contribution is -0.151. The number of carboxylic acids is 1. The number of carbonyl (C=O) groups excluding carboxylic acids is 1. The zero-order valence-electron chi connectivity index (χ0n) is 13.0. The van der Waals surface area contributed by atoms with Crippen LogP contribution in [0.1, 0.15) is 58.3 Å². The van der Waals surface area contributed by atoms with Gasteiger partial charge in [-0.2, -0.15) is 0 Å². The van der Waals surface area contributed by atoms with Crippen LogP contribution in [0.15, 0.2) is 0 Å². The van der Waals surface area contributed by atoms with E-state index in [0.717, 1.165) is 45.1 Å². The molecule has 2 rings (SSSR count). The molecule has 1 aliphatic carbocycles. The van der Waals surface area contributed by atoms with E-state index in [1.807, 2.05) is 0 Å². The number of rotatable bonds is 4. The fourth-order valence-corrected chi connectivity index (χ4v) is 3.41. The minimum absolute atomic E-state index is 0.0313. The molecule has 5 nitrogen and oxygen atoms in total. The van der Waals surface area contributed by atoms with Gasteiger partial charge in [0.05, 0.1) is 11.5 Å². The van der Waals surface area contributed by atoms with Crippen LogP contribution < -0.4 is 10.6 Å². The first-order valence-corrected chi connectivity index (χ1v) is 8.28. The van der Waals surface area contributed by atoms with Gasteiger partial charge in [0.15, 0.2) is 0 Å². The summed E-state index contributed by atoms with van der Waals surface area (Å²) in [6.07, 6.45) is 7.39. The van der Waals surface area contributed by atoms with Crippen molar-refractivity contribution < 1.29 is 14.7 Å². The highest BCUT2D eigenvalue weighted by Gasteiger charge is 2.41. The summed E-state index contributed by atoms with van der Waals surface area (Å²) in [7, 11) is 0. The highest BCUT2D eigenvalue weighted by Crippen LogP contribution is 2.38. The molecule has 3 N–H and O–H groups in total. The lowest BCUT2D eigenvalue weighted by Crippen LogP contribution is -2.50. The molecule has 1 aliphatic heterocycles. The van der Waals surface area contributed by atoms with E-state index in [2.05, 4.69) is 17.6 Å². The molecule has 1 saturated carbocycles. The number of hydrogen-bond donors (Lipinski definition) is 3. The monoisotopic (exact) mass is 296 g/mol. The van der Waals surface area contributed by atoms with Crippen molar-refractivity contribution in [2.75, 3.05) is 13.1 Å². The average Bonchev–Trinajstić information content (AvgIpc) is 2.75. The highest BCUT2D eigenvalue weighted by molar-refractivity contribution is 5.83. The van der Waals surface area contributed by atoms with Crippen molar-refractivity contribution in [3.8, 4) is 0 Å². The van der Waals surface area contributed by atoms with E-state index in [1.165, 1.54) is 0 Å². The molecule has 0 spiro atoms. The maximum Gasteiger partial charge on any atom is 0.311 e. The van der Waals surface area contributed by atoms with Gasteiger partial charge in [-0.1, -0.05) is 19.8 Å². The van der Waals surface area contributed by atoms with Crippen LogP contribution in [0.2, 0.25) is 0 Å². The fourth-order valence-electron chi connectivity index (χ4n) is 3.41. The minimum Gasteiger partial charge on any atom is -0.481 e. The van der Waals surface area contributed by atoms with Gasteiger partial charge < -0.3 is 15.7 Å². The molecule has 1 heterocycles. The Morgan fingerprint density at radius 2 is 1.90 bits per heavy atom. The Kier molecular flexibility index (Phi) is 5.62. The van der Waals surface area contributed by atoms with E-state index in [1.54, 1.807) is 0 Å². The maximum atomic E-state index is 12.3. The summed E-state index contributed by atoms with van der Waals surface area (Å²) in [4.78, 5) is 23.9. The van der Waals surface area contributed by atoms with E-state index in [4.69, 9.17) is 0 Å². The van der Waals surface area contributed by atoms with Crippen LogP contribution in [-0.4, -0.2) is 36.1 Å². The van der Waals surface area contributed by atoms with Crippen molar-refractivity contribution in [3.63, 3.8) is 0 Å². The molecule has 1 unspecified atom stereocenters. The molecule has 120 valence electrons. The Hall–Kier alpha value is -1.10. The molecule has 0 aromatic heterocycles. The SMILES string of the molecule is CC1CCC(CNC(=O)C2CCCCCN2)(C(=O)O)CC1. The summed E-state index contributed by atoms with van der Waals surface area (Å²) in [6.45, 7) is 3.31. The van der Waals surface area contributed by atoms with Gasteiger partial charge in [0, 0.05) is 6.54 Å². The van der Waals surface area contributed by atoms with Gasteiger partial charge in [-0.05, 0) is 51.0 Å². The van der Waals surface area contributed by atoms with Crippen molar-refractivity contribution in [1.82, 2.24) is 10.6 Å². The Morgan fingerprint density at radius 3 is 2.57 bits per heavy atom. The molecule has 0 radical (unpaired) electrons. The maximum absolute atomic E-state index is 12.3. The number of aliphatic carboxylic acids is 1. The van der Waals surface area contributed by atoms with E-state index in [0.29, 0.717) is 18.8 Å². The van der Waals surface area contributed by atoms with Crippen molar-refractivity contribution in [3.05, 3.63) is 0 Å². The Bertz CT molecular complexity index is 368. The molecule has 1 atom stereocenters. The van der Waals surface area contributed by atoms with Gasteiger partial charge in [0.1, 0.15) is 0 Å². The first-order valence-electron chi connectivity index (χ1n) is 8.28. The normalized spacial score (nSPS) is 34.0. The van der Waals surface area contributed by atoms with Crippen molar-refractivity contribution in [2.24, 2.45) is 11.3 Å². The van der Waals surface area contributed by atoms with Gasteiger partial charge >= 0.3 is 5.97 Å². The Morgan fingerprint density at radius 1 is 1.19 bits per heavy atom. The standard InChI is InChI=1S/C16H28N2O3/c1-12-6-8-16(9-7-12,15(20)21)11-18-14(19)13-5-3-2-4-10-17-13/h12-13,17H,2-11H2,1H3,(H,18,19)(H,20,21). The third-order valence-corrected chi connectivity index (χ3v) is 5.16. The van der Waals surface area contributed by atoms with Crippen LogP contribution in [0.3, 0.4) is 0 Å². The smallest absolute Gasteiger partial charge is 0.311 e. The molecule has 5 heteroatoms. The molecule has 0 aromatic rings. The van der Waals surface area contributed by atoms with E-state index >= 15 is 0 Å². The predicted molar refractivity (Wildman–Crippen MR) is 81.0 cm³/mol. The quantitative estimate of drug-likeness (QED) is 0.740. The summed E-state index contributed by atoms with van der Waals surface area (Å²) in [5.41, 5.74) is -0.757. The lowest BCUT2D eigenvalue weighted by atomic mass is 9.71. The van der Waals surface area contributed by atoms with Gasteiger partial charge in [0.2, 0.25) is 5.91 Å². The van der Waals surface area contributed by atoms with Gasteiger partial charge in [-0.3, -0.25) is 9.59 Å². The number of carbonyl (C=O) groups is 2. The molecule has 1 saturated heterocycles. The number of carboxylic acid groups (broad SMARTS) is 1. The second-order valence-electron chi connectivity index (χ2n) is 6.84. The molecule has 0 bridgehead atoms. The summed E-state index contributed by atoms with van der Waals surface area (Å²) < 4.78 is 0. The Balaban J connectivity index is 1.89. The van der Waals surface area contributed by atoms with Crippen LogP contribution >= 0.6 is 0 Å². The van der Waals surface area contributed by atoms with E-state index in [9.17, 15) is 14.7 Å². The number of nitrogens with one attached hydrogen (secondary N) is 2. The molecule has 2 aliphatic rings. The molecule has 0 aromatic carbocycles. The topological polar surface area (TPSA) is 78.4 Å². The van der Waals surface area contributed by atoms with Crippen molar-refractivity contribution in [2.45, 2.75) is 64.3 Å². The largest absolute Gasteiger partial charge is 0.481 e. The van der Waals surface area contributed by atoms with Crippen LogP contribution in [-0.2, 0) is 9.59 Å². The second-order valence-corrected chi connectivity index (χ2v) is 6.84. The number of amides is 1. The predicted octanol–water partition coefficient (Wildman–Crippen LogP) is 1.92. The summed E-state index contributed by atoms with van der Waals surface area (Å²) in [6, 6.07) is -0.152. The average molecular weight is 296 g/mol. The third-order valence-electron chi connectivity index (χ3n) is 5.16. The second kappa shape index (κ2) is 7.25. The van der Waals surface area contributed by atoms with E-state index in [-0.39, 0.29) is 18.5 Å². The minimum atomic E-state index is -0.761. The fraction of sp³-hybridized carbons (Fsp3) is 0.875. The highest BCUT2D eigenvalue weighted by atomic mass is 16.4. The summed E-state index contributed by atoms with van der Waals surface area (Å²) in [5, 5.41) is 15.7. The summed E-state index contributed by atoms with van der Waals surface area (Å²) >= 11 is 0. The number of hydrogen-bond acceptors (Lipinski definition) is 3. The zero-order valence-corrected chi connectivity index (χ0v) is 13.0. The Labute approximate surface area is 126 Å². The van der Waals surface area contributed by atoms with Crippen LogP contribution in [0.25, 0.3) is 0 Å². The van der Waals surface area contributed by atoms with Crippen molar-refractivity contribution >= 4 is 11.9 Å². The zero-order chi connectivity index (χ0) is 15.3. The molecule has 1 amide bonds. The molecule has 2 fully saturated rings. The van der Waals surface area contributed by atoms with Crippen LogP contribution in [0.5, 0.6) is 0 Å². The van der Waals surface area contributed by atoms with Crippen LogP contribution in [0.4, 0.5) is 0 Å². The molecular formula is C16H28N2O3. The van der Waals surface area contributed by atoms with E-state index < -0.39 is 11.4 Å². The van der Waals surface area contributed by atoms with Gasteiger partial charge in [-0.15, -0.1) is 0 Å². The van der Waals surface area contributed by atoms with Crippen molar-refractivity contribution in [1.29, 1.82) is 0 Å². The lowest BCUT2D eigenvalue weighted by Gasteiger charge is -2.36. The van der Waals surface area contributed by atoms with Gasteiger partial charge in [0.25, 0.3) is 0 Å². The first-order chi connectivity index (χ1) is 10.0.